The Morgan fingerprint density at radius 2 is 1.80 bits per heavy atom. The van der Waals surface area contributed by atoms with Crippen LogP contribution in [0.4, 0.5) is 0 Å². The molecule has 7 heteroatoms. The second-order valence-electron chi connectivity index (χ2n) is 5.67. The Labute approximate surface area is 146 Å². The molecule has 25 heavy (non-hydrogen) atoms. The number of rotatable bonds is 5. The maximum atomic E-state index is 12.1. The van der Waals surface area contributed by atoms with Crippen molar-refractivity contribution in [2.45, 2.75) is 19.8 Å². The average Bonchev–Trinajstić information content (AvgIpc) is 2.66. The van der Waals surface area contributed by atoms with Gasteiger partial charge in [0.25, 0.3) is 5.91 Å². The number of nitriles is 1. The monoisotopic (exact) mass is 344 g/mol. The summed E-state index contributed by atoms with van der Waals surface area (Å²) in [5.74, 6) is -1.30. The molecule has 132 valence electrons. The van der Waals surface area contributed by atoms with Crippen LogP contribution in [0.25, 0.3) is 0 Å². The van der Waals surface area contributed by atoms with E-state index in [4.69, 9.17) is 14.7 Å². The Kier molecular flexibility index (Phi) is 6.52. The third kappa shape index (κ3) is 5.05. The molecule has 0 bridgehead atoms. The highest BCUT2D eigenvalue weighted by Crippen LogP contribution is 2.19. The van der Waals surface area contributed by atoms with Gasteiger partial charge in [-0.1, -0.05) is 0 Å². The summed E-state index contributed by atoms with van der Waals surface area (Å²) in [5, 5.41) is 8.73. The molecule has 1 aromatic carbocycles. The molecule has 1 aliphatic heterocycles. The minimum atomic E-state index is -0.612. The number of carbonyl (C=O) groups excluding carboxylic acids is 3. The smallest absolute Gasteiger partial charge is 0.338 e. The molecule has 0 aromatic heterocycles. The molecule has 0 atom stereocenters. The molecule has 0 N–H and O–H groups in total. The molecule has 1 saturated heterocycles. The summed E-state index contributed by atoms with van der Waals surface area (Å²) in [4.78, 5) is 37.3. The van der Waals surface area contributed by atoms with Crippen LogP contribution < -0.4 is 0 Å². The number of amides is 1. The summed E-state index contributed by atoms with van der Waals surface area (Å²) in [7, 11) is 0. The number of benzene rings is 1. The number of esters is 2. The van der Waals surface area contributed by atoms with Gasteiger partial charge in [-0.05, 0) is 44.0 Å². The van der Waals surface area contributed by atoms with Crippen LogP contribution >= 0.6 is 0 Å². The van der Waals surface area contributed by atoms with E-state index in [1.165, 1.54) is 24.3 Å². The zero-order valence-corrected chi connectivity index (χ0v) is 14.1. The maximum absolute atomic E-state index is 12.1. The molecule has 0 unspecified atom stereocenters. The third-order valence-corrected chi connectivity index (χ3v) is 4.04. The van der Waals surface area contributed by atoms with E-state index in [1.807, 2.05) is 6.07 Å². The Bertz CT molecular complexity index is 670. The van der Waals surface area contributed by atoms with Crippen LogP contribution in [0.3, 0.4) is 0 Å². The molecule has 1 heterocycles. The number of carbonyl (C=O) groups is 3. The van der Waals surface area contributed by atoms with E-state index in [0.717, 1.165) is 0 Å². The lowest BCUT2D eigenvalue weighted by molar-refractivity contribution is -0.151. The van der Waals surface area contributed by atoms with E-state index in [1.54, 1.807) is 11.8 Å². The third-order valence-electron chi connectivity index (χ3n) is 4.04. The van der Waals surface area contributed by atoms with Crippen molar-refractivity contribution in [1.29, 1.82) is 5.26 Å². The SMILES string of the molecule is CCOC(=O)C1CCN(C(=O)COC(=O)c2ccc(C#N)cc2)CC1. The van der Waals surface area contributed by atoms with Crippen molar-refractivity contribution in [3.63, 3.8) is 0 Å². The highest BCUT2D eigenvalue weighted by molar-refractivity contribution is 5.91. The number of ether oxygens (including phenoxy) is 2. The molecular formula is C18H20N2O5. The number of nitrogens with zero attached hydrogens (tertiary/aromatic N) is 2. The first kappa shape index (κ1) is 18.5. The highest BCUT2D eigenvalue weighted by Gasteiger charge is 2.28. The van der Waals surface area contributed by atoms with Gasteiger partial charge in [-0.3, -0.25) is 9.59 Å². The van der Waals surface area contributed by atoms with Gasteiger partial charge in [0, 0.05) is 13.1 Å². The average molecular weight is 344 g/mol. The predicted octanol–water partition coefficient (Wildman–Crippen LogP) is 1.52. The minimum Gasteiger partial charge on any atom is -0.466 e. The van der Waals surface area contributed by atoms with E-state index in [2.05, 4.69) is 0 Å². The van der Waals surface area contributed by atoms with Crippen LogP contribution in [0.15, 0.2) is 24.3 Å². The van der Waals surface area contributed by atoms with E-state index < -0.39 is 5.97 Å². The summed E-state index contributed by atoms with van der Waals surface area (Å²) >= 11 is 0. The molecule has 1 amide bonds. The van der Waals surface area contributed by atoms with E-state index >= 15 is 0 Å². The quantitative estimate of drug-likeness (QED) is 0.751. The number of piperidine rings is 1. The normalized spacial score (nSPS) is 14.5. The van der Waals surface area contributed by atoms with Crippen molar-refractivity contribution in [3.8, 4) is 6.07 Å². The first-order valence-electron chi connectivity index (χ1n) is 8.16. The Morgan fingerprint density at radius 3 is 2.36 bits per heavy atom. The molecule has 7 nitrogen and oxygen atoms in total. The van der Waals surface area contributed by atoms with Crippen molar-refractivity contribution in [3.05, 3.63) is 35.4 Å². The van der Waals surface area contributed by atoms with Crippen molar-refractivity contribution < 1.29 is 23.9 Å². The molecule has 1 aromatic rings. The molecular weight excluding hydrogens is 324 g/mol. The van der Waals surface area contributed by atoms with Gasteiger partial charge in [-0.25, -0.2) is 4.79 Å². The maximum Gasteiger partial charge on any atom is 0.338 e. The van der Waals surface area contributed by atoms with Gasteiger partial charge in [-0.15, -0.1) is 0 Å². The van der Waals surface area contributed by atoms with Gasteiger partial charge in [0.05, 0.1) is 29.7 Å². The largest absolute Gasteiger partial charge is 0.466 e. The van der Waals surface area contributed by atoms with E-state index in [0.29, 0.717) is 38.1 Å². The lowest BCUT2D eigenvalue weighted by Gasteiger charge is -2.30. The predicted molar refractivity (Wildman–Crippen MR) is 87.4 cm³/mol. The zero-order chi connectivity index (χ0) is 18.2. The lowest BCUT2D eigenvalue weighted by atomic mass is 9.97. The zero-order valence-electron chi connectivity index (χ0n) is 14.1. The summed E-state index contributed by atoms with van der Waals surface area (Å²) in [6.45, 7) is 2.65. The summed E-state index contributed by atoms with van der Waals surface area (Å²) in [6.07, 6.45) is 1.10. The van der Waals surface area contributed by atoms with Crippen LogP contribution in [0, 0.1) is 17.2 Å². The summed E-state index contributed by atoms with van der Waals surface area (Å²) < 4.78 is 10.0. The van der Waals surface area contributed by atoms with Crippen molar-refractivity contribution in [1.82, 2.24) is 4.90 Å². The standard InChI is InChI=1S/C18H20N2O5/c1-2-24-17(22)15-7-9-20(10-8-15)16(21)12-25-18(23)14-5-3-13(11-19)4-6-14/h3-6,15H,2,7-10,12H2,1H3. The molecule has 0 aliphatic carbocycles. The lowest BCUT2D eigenvalue weighted by Crippen LogP contribution is -2.42. The fourth-order valence-electron chi connectivity index (χ4n) is 2.61. The fraction of sp³-hybridized carbons (Fsp3) is 0.444. The Morgan fingerprint density at radius 1 is 1.16 bits per heavy atom. The number of likely N-dealkylation sites (tertiary alicyclic amines) is 1. The molecule has 1 aliphatic rings. The van der Waals surface area contributed by atoms with Gasteiger partial charge in [-0.2, -0.15) is 5.26 Å². The molecule has 0 spiro atoms. The molecule has 1 fully saturated rings. The van der Waals surface area contributed by atoms with E-state index in [9.17, 15) is 14.4 Å². The van der Waals surface area contributed by atoms with Crippen molar-refractivity contribution >= 4 is 17.8 Å². The number of hydrogen-bond donors (Lipinski definition) is 0. The Balaban J connectivity index is 1.78. The molecule has 0 radical (unpaired) electrons. The summed E-state index contributed by atoms with van der Waals surface area (Å²) in [6, 6.07) is 7.95. The molecule has 0 saturated carbocycles. The van der Waals surface area contributed by atoms with Crippen LogP contribution in [0.2, 0.25) is 0 Å². The Hall–Kier alpha value is -2.88. The fourth-order valence-corrected chi connectivity index (χ4v) is 2.61. The second-order valence-corrected chi connectivity index (χ2v) is 5.67. The van der Waals surface area contributed by atoms with Crippen molar-refractivity contribution in [2.75, 3.05) is 26.3 Å². The van der Waals surface area contributed by atoms with Crippen LogP contribution in [0.5, 0.6) is 0 Å². The number of hydrogen-bond acceptors (Lipinski definition) is 6. The van der Waals surface area contributed by atoms with Crippen LogP contribution in [-0.2, 0) is 19.1 Å². The van der Waals surface area contributed by atoms with Gasteiger partial charge in [0.15, 0.2) is 6.61 Å². The first-order chi connectivity index (χ1) is 12.0. The highest BCUT2D eigenvalue weighted by atomic mass is 16.5. The van der Waals surface area contributed by atoms with Crippen LogP contribution in [0.1, 0.15) is 35.7 Å². The van der Waals surface area contributed by atoms with Crippen molar-refractivity contribution in [2.24, 2.45) is 5.92 Å². The van der Waals surface area contributed by atoms with Gasteiger partial charge in [0.2, 0.25) is 0 Å². The van der Waals surface area contributed by atoms with Crippen LogP contribution in [-0.4, -0.2) is 49.0 Å². The summed E-state index contributed by atoms with van der Waals surface area (Å²) in [5.41, 5.74) is 0.727. The minimum absolute atomic E-state index is 0.176. The van der Waals surface area contributed by atoms with Gasteiger partial charge >= 0.3 is 11.9 Å². The van der Waals surface area contributed by atoms with Gasteiger partial charge in [0.1, 0.15) is 0 Å². The van der Waals surface area contributed by atoms with E-state index in [-0.39, 0.29) is 30.0 Å². The second kappa shape index (κ2) is 8.83. The molecule has 2 rings (SSSR count). The van der Waals surface area contributed by atoms with Gasteiger partial charge < -0.3 is 14.4 Å². The topological polar surface area (TPSA) is 96.7 Å². The first-order valence-corrected chi connectivity index (χ1v) is 8.16.